The average Bonchev–Trinajstić information content (AvgIpc) is 3.12. The molecule has 4 rings (SSSR count). The number of benzene rings is 2. The van der Waals surface area contributed by atoms with Crippen molar-refractivity contribution in [3.63, 3.8) is 0 Å². The number of nitrogens with zero attached hydrogens (tertiary/aromatic N) is 3. The van der Waals surface area contributed by atoms with Crippen LogP contribution in [0.2, 0.25) is 0 Å². The van der Waals surface area contributed by atoms with E-state index in [-0.39, 0.29) is 29.2 Å². The molecule has 1 saturated heterocycles. The van der Waals surface area contributed by atoms with Crippen LogP contribution in [-0.4, -0.2) is 59.5 Å². The molecular weight excluding hydrogens is 420 g/mol. The Bertz CT molecular complexity index is 1170. The molecule has 0 radical (unpaired) electrons. The van der Waals surface area contributed by atoms with Crippen LogP contribution in [0.25, 0.3) is 10.9 Å². The van der Waals surface area contributed by atoms with Gasteiger partial charge in [0.15, 0.2) is 15.0 Å². The number of hydrogen-bond donors (Lipinski definition) is 1. The van der Waals surface area contributed by atoms with Crippen molar-refractivity contribution in [2.24, 2.45) is 0 Å². The summed E-state index contributed by atoms with van der Waals surface area (Å²) in [5.74, 6) is 0.881. The van der Waals surface area contributed by atoms with Gasteiger partial charge in [-0.3, -0.25) is 4.79 Å². The molecule has 0 unspecified atom stereocenters. The van der Waals surface area contributed by atoms with Crippen LogP contribution in [0, 0.1) is 0 Å². The van der Waals surface area contributed by atoms with E-state index in [0.29, 0.717) is 17.4 Å². The number of para-hydroxylation sites is 2. The van der Waals surface area contributed by atoms with Gasteiger partial charge in [0.25, 0.3) is 0 Å². The Hall–Kier alpha value is -2.65. The van der Waals surface area contributed by atoms with Gasteiger partial charge in [0.2, 0.25) is 5.91 Å². The average molecular weight is 443 g/mol. The van der Waals surface area contributed by atoms with Crippen LogP contribution in [0.3, 0.4) is 0 Å². The number of hydrogen-bond acceptors (Lipinski definition) is 7. The fourth-order valence-corrected chi connectivity index (χ4v) is 5.94. The summed E-state index contributed by atoms with van der Waals surface area (Å²) >= 11 is 1.25. The molecule has 0 bridgehead atoms. The molecule has 0 saturated carbocycles. The second-order valence-corrected chi connectivity index (χ2v) is 10.4. The minimum atomic E-state index is -3.03. The first-order valence-electron chi connectivity index (χ1n) is 9.59. The third kappa shape index (κ3) is 4.73. The number of nitrogens with one attached hydrogen (secondary N) is 1. The Kier molecular flexibility index (Phi) is 5.92. The lowest BCUT2D eigenvalue weighted by atomic mass is 10.2. The van der Waals surface area contributed by atoms with Gasteiger partial charge >= 0.3 is 0 Å². The van der Waals surface area contributed by atoms with E-state index in [4.69, 9.17) is 0 Å². The second-order valence-electron chi connectivity index (χ2n) is 7.21. The molecule has 9 heteroatoms. The van der Waals surface area contributed by atoms with Gasteiger partial charge in [-0.1, -0.05) is 42.1 Å². The summed E-state index contributed by atoms with van der Waals surface area (Å²) in [4.78, 5) is 23.3. The Labute approximate surface area is 179 Å². The number of sulfone groups is 1. The van der Waals surface area contributed by atoms with Crippen LogP contribution < -0.4 is 5.32 Å². The van der Waals surface area contributed by atoms with Crippen molar-refractivity contribution in [3.05, 3.63) is 54.6 Å². The first-order valence-corrected chi connectivity index (χ1v) is 12.4. The van der Waals surface area contributed by atoms with Crippen LogP contribution in [0.5, 0.6) is 0 Å². The number of anilines is 2. The molecule has 0 spiro atoms. The van der Waals surface area contributed by atoms with Crippen molar-refractivity contribution in [1.29, 1.82) is 0 Å². The normalized spacial score (nSPS) is 17.7. The summed E-state index contributed by atoms with van der Waals surface area (Å²) in [6.45, 7) is 0. The molecule has 2 aromatic carbocycles. The summed E-state index contributed by atoms with van der Waals surface area (Å²) < 4.78 is 23.4. The Morgan fingerprint density at radius 2 is 1.87 bits per heavy atom. The summed E-state index contributed by atoms with van der Waals surface area (Å²) in [6, 6.07) is 17.2. The third-order valence-corrected chi connectivity index (χ3v) is 7.68. The molecule has 1 N–H and O–H groups in total. The van der Waals surface area contributed by atoms with E-state index in [9.17, 15) is 13.2 Å². The monoisotopic (exact) mass is 442 g/mol. The minimum Gasteiger partial charge on any atom is -0.341 e. The van der Waals surface area contributed by atoms with Crippen molar-refractivity contribution in [2.75, 3.05) is 29.6 Å². The van der Waals surface area contributed by atoms with Gasteiger partial charge in [-0.25, -0.2) is 18.4 Å². The SMILES string of the molecule is CN(C(=O)CSc1nc(Nc2ccccc2)c2ccccc2n1)[C@H]1CCS(=O)(=O)C1. The number of carbonyl (C=O) groups excluding carboxylic acids is 1. The largest absolute Gasteiger partial charge is 0.341 e. The summed E-state index contributed by atoms with van der Waals surface area (Å²) in [6.07, 6.45) is 0.493. The van der Waals surface area contributed by atoms with E-state index in [0.717, 1.165) is 16.6 Å². The maximum atomic E-state index is 12.6. The Morgan fingerprint density at radius 1 is 1.13 bits per heavy atom. The molecule has 7 nitrogen and oxygen atoms in total. The maximum Gasteiger partial charge on any atom is 0.233 e. The van der Waals surface area contributed by atoms with Gasteiger partial charge in [0, 0.05) is 24.2 Å². The second kappa shape index (κ2) is 8.61. The lowest BCUT2D eigenvalue weighted by Gasteiger charge is -2.23. The van der Waals surface area contributed by atoms with Crippen LogP contribution in [0.15, 0.2) is 59.8 Å². The maximum absolute atomic E-state index is 12.6. The quantitative estimate of drug-likeness (QED) is 0.463. The van der Waals surface area contributed by atoms with E-state index in [1.165, 1.54) is 11.8 Å². The van der Waals surface area contributed by atoms with E-state index in [1.54, 1.807) is 11.9 Å². The van der Waals surface area contributed by atoms with Crippen LogP contribution >= 0.6 is 11.8 Å². The van der Waals surface area contributed by atoms with Gasteiger partial charge in [0.1, 0.15) is 5.82 Å². The molecular formula is C21H22N4O3S2. The highest BCUT2D eigenvalue weighted by Gasteiger charge is 2.32. The molecule has 30 heavy (non-hydrogen) atoms. The van der Waals surface area contributed by atoms with Crippen molar-refractivity contribution in [3.8, 4) is 0 Å². The fourth-order valence-electron chi connectivity index (χ4n) is 3.39. The molecule has 0 aliphatic carbocycles. The number of fused-ring (bicyclic) bond motifs is 1. The molecule has 1 aliphatic rings. The number of rotatable bonds is 6. The lowest BCUT2D eigenvalue weighted by Crippen LogP contribution is -2.38. The predicted molar refractivity (Wildman–Crippen MR) is 120 cm³/mol. The van der Waals surface area contributed by atoms with Crippen molar-refractivity contribution >= 4 is 49.9 Å². The Morgan fingerprint density at radius 3 is 2.60 bits per heavy atom. The zero-order valence-corrected chi connectivity index (χ0v) is 18.1. The molecule has 156 valence electrons. The Balaban J connectivity index is 1.51. The number of aromatic nitrogens is 2. The van der Waals surface area contributed by atoms with E-state index >= 15 is 0 Å². The van der Waals surface area contributed by atoms with Gasteiger partial charge in [-0.15, -0.1) is 0 Å². The van der Waals surface area contributed by atoms with E-state index in [1.807, 2.05) is 54.6 Å². The van der Waals surface area contributed by atoms with Crippen LogP contribution in [0.4, 0.5) is 11.5 Å². The van der Waals surface area contributed by atoms with E-state index in [2.05, 4.69) is 15.3 Å². The zero-order valence-electron chi connectivity index (χ0n) is 16.5. The molecule has 1 aromatic heterocycles. The molecule has 1 aliphatic heterocycles. The highest BCUT2D eigenvalue weighted by atomic mass is 32.2. The molecule has 3 aromatic rings. The van der Waals surface area contributed by atoms with Gasteiger partial charge < -0.3 is 10.2 Å². The molecule has 1 amide bonds. The number of thioether (sulfide) groups is 1. The first-order chi connectivity index (χ1) is 14.4. The number of amides is 1. The van der Waals surface area contributed by atoms with Crippen molar-refractivity contribution < 1.29 is 13.2 Å². The van der Waals surface area contributed by atoms with Crippen LogP contribution in [0.1, 0.15) is 6.42 Å². The van der Waals surface area contributed by atoms with E-state index < -0.39 is 9.84 Å². The molecule has 2 heterocycles. The van der Waals surface area contributed by atoms with Crippen molar-refractivity contribution in [2.45, 2.75) is 17.6 Å². The summed E-state index contributed by atoms with van der Waals surface area (Å²) in [7, 11) is -1.37. The standard InChI is InChI=1S/C21H22N4O3S2/c1-25(16-11-12-30(27,28)14-16)19(26)13-29-21-23-18-10-6-5-9-17(18)20(24-21)22-15-7-3-2-4-8-15/h2-10,16H,11-14H2,1H3,(H,22,23,24)/t16-/m0/s1. The number of carbonyl (C=O) groups is 1. The molecule has 1 fully saturated rings. The summed E-state index contributed by atoms with van der Waals surface area (Å²) in [5.41, 5.74) is 1.70. The highest BCUT2D eigenvalue weighted by Crippen LogP contribution is 2.27. The first kappa shape index (κ1) is 20.6. The fraction of sp³-hybridized carbons (Fsp3) is 0.286. The van der Waals surface area contributed by atoms with Gasteiger partial charge in [-0.05, 0) is 30.7 Å². The molecule has 1 atom stereocenters. The smallest absolute Gasteiger partial charge is 0.233 e. The zero-order chi connectivity index (χ0) is 21.1. The lowest BCUT2D eigenvalue weighted by molar-refractivity contribution is -0.128. The van der Waals surface area contributed by atoms with Gasteiger partial charge in [-0.2, -0.15) is 0 Å². The minimum absolute atomic E-state index is 0.0392. The van der Waals surface area contributed by atoms with Crippen LogP contribution in [-0.2, 0) is 14.6 Å². The van der Waals surface area contributed by atoms with Crippen molar-refractivity contribution in [1.82, 2.24) is 14.9 Å². The summed E-state index contributed by atoms with van der Waals surface area (Å²) in [5, 5.41) is 4.71. The predicted octanol–water partition coefficient (Wildman–Crippen LogP) is 3.11. The highest BCUT2D eigenvalue weighted by molar-refractivity contribution is 7.99. The van der Waals surface area contributed by atoms with Gasteiger partial charge in [0.05, 0.1) is 22.8 Å². The third-order valence-electron chi connectivity index (χ3n) is 5.09. The topological polar surface area (TPSA) is 92.3 Å².